The summed E-state index contributed by atoms with van der Waals surface area (Å²) in [7, 11) is 4.86. The van der Waals surface area contributed by atoms with Crippen molar-refractivity contribution in [3.63, 3.8) is 0 Å². The van der Waals surface area contributed by atoms with Gasteiger partial charge in [-0.25, -0.2) is 15.0 Å². The predicted octanol–water partition coefficient (Wildman–Crippen LogP) is 4.96. The maximum atomic E-state index is 14.4. The Morgan fingerprint density at radius 1 is 1.18 bits per heavy atom. The van der Waals surface area contributed by atoms with Gasteiger partial charge in [0.2, 0.25) is 11.3 Å². The molecule has 0 radical (unpaired) electrons. The molecule has 16 heteroatoms. The number of rotatable bonds is 6. The number of amides is 2. The summed E-state index contributed by atoms with van der Waals surface area (Å²) in [6.07, 6.45) is -0.280. The van der Waals surface area contributed by atoms with Crippen LogP contribution >= 0.6 is 11.6 Å². The van der Waals surface area contributed by atoms with Crippen LogP contribution in [0.2, 0.25) is 5.02 Å². The van der Waals surface area contributed by atoms with Gasteiger partial charge in [0.15, 0.2) is 16.9 Å². The Kier molecular flexibility index (Phi) is 8.67. The van der Waals surface area contributed by atoms with E-state index in [0.29, 0.717) is 49.4 Å². The molecule has 0 bridgehead atoms. The zero-order chi connectivity index (χ0) is 35.4. The SMILES string of the molecule is COc1nccc(C(=O)N2CCC3(CC2)C[C@H](C)c2c3c(=O)c3nc(N(C)C)cnc3n2CC(=O)Nc2ccc(C(F)(F)F)cc2Cl)c1O. The molecule has 2 aliphatic rings. The highest BCUT2D eigenvalue weighted by molar-refractivity contribution is 6.33. The zero-order valence-corrected chi connectivity index (χ0v) is 27.8. The first kappa shape index (κ1) is 34.0. The standard InChI is InChI=1S/C33H33ClF3N7O5/c1-17-14-32(8-11-43(12-9-32)31(48)19-7-10-38-30(49-4)27(19)46)24-26(17)44(29-25(28(24)47)41-22(15-39-29)42(2)3)16-23(45)40-21-6-5-18(13-20(21)34)33(35,36)37/h5-7,10,13,15,17,46H,8-9,11-12,14,16H2,1-4H3,(H,40,45)/t17-/m0/s1. The minimum Gasteiger partial charge on any atom is -0.503 e. The summed E-state index contributed by atoms with van der Waals surface area (Å²) in [5, 5.41) is 12.9. The molecule has 2 amide bonds. The van der Waals surface area contributed by atoms with E-state index in [4.69, 9.17) is 16.3 Å². The predicted molar refractivity (Wildman–Crippen MR) is 176 cm³/mol. The van der Waals surface area contributed by atoms with E-state index in [-0.39, 0.29) is 57.0 Å². The largest absolute Gasteiger partial charge is 0.503 e. The van der Waals surface area contributed by atoms with Crippen LogP contribution in [-0.2, 0) is 22.9 Å². The number of halogens is 4. The number of hydrogen-bond donors (Lipinski definition) is 2. The number of piperidine rings is 1. The highest BCUT2D eigenvalue weighted by atomic mass is 35.5. The molecule has 49 heavy (non-hydrogen) atoms. The molecular weight excluding hydrogens is 667 g/mol. The van der Waals surface area contributed by atoms with E-state index in [1.54, 1.807) is 28.5 Å². The van der Waals surface area contributed by atoms with Crippen molar-refractivity contribution in [3.8, 4) is 11.6 Å². The lowest BCUT2D eigenvalue weighted by atomic mass is 9.73. The van der Waals surface area contributed by atoms with Crippen LogP contribution in [0.15, 0.2) is 41.5 Å². The number of alkyl halides is 3. The lowest BCUT2D eigenvalue weighted by Crippen LogP contribution is -2.46. The number of fused-ring (bicyclic) bond motifs is 3. The Bertz CT molecular complexity index is 2040. The van der Waals surface area contributed by atoms with Gasteiger partial charge in [-0.15, -0.1) is 0 Å². The normalized spacial score (nSPS) is 16.9. The van der Waals surface area contributed by atoms with E-state index in [1.807, 2.05) is 6.92 Å². The summed E-state index contributed by atoms with van der Waals surface area (Å²) in [6.45, 7) is 2.23. The molecule has 4 heterocycles. The molecule has 6 rings (SSSR count). The van der Waals surface area contributed by atoms with Crippen molar-refractivity contribution in [1.82, 2.24) is 24.4 Å². The van der Waals surface area contributed by atoms with Crippen molar-refractivity contribution in [2.24, 2.45) is 0 Å². The van der Waals surface area contributed by atoms with Crippen LogP contribution < -0.4 is 20.4 Å². The third-order valence-corrected chi connectivity index (χ3v) is 9.64. The van der Waals surface area contributed by atoms with Crippen LogP contribution in [0.1, 0.15) is 59.3 Å². The average molecular weight is 700 g/mol. The van der Waals surface area contributed by atoms with Crippen LogP contribution in [0.3, 0.4) is 0 Å². The Labute approximate surface area is 283 Å². The number of anilines is 2. The lowest BCUT2D eigenvalue weighted by molar-refractivity contribution is -0.137. The van der Waals surface area contributed by atoms with Gasteiger partial charge in [-0.1, -0.05) is 18.5 Å². The quantitative estimate of drug-likeness (QED) is 0.286. The fourth-order valence-electron chi connectivity index (χ4n) is 7.04. The smallest absolute Gasteiger partial charge is 0.416 e. The molecule has 0 saturated carbocycles. The molecule has 1 saturated heterocycles. The summed E-state index contributed by atoms with van der Waals surface area (Å²) in [4.78, 5) is 57.7. The van der Waals surface area contributed by atoms with Crippen LogP contribution in [0.4, 0.5) is 24.7 Å². The number of pyridine rings is 2. The summed E-state index contributed by atoms with van der Waals surface area (Å²) >= 11 is 6.12. The first-order chi connectivity index (χ1) is 23.1. The summed E-state index contributed by atoms with van der Waals surface area (Å²) in [5.74, 6) is -1.15. The van der Waals surface area contributed by atoms with Crippen molar-refractivity contribution < 1.29 is 32.6 Å². The van der Waals surface area contributed by atoms with E-state index in [1.165, 1.54) is 25.6 Å². The van der Waals surface area contributed by atoms with Crippen LogP contribution in [0, 0.1) is 0 Å². The Hall–Kier alpha value is -4.92. The van der Waals surface area contributed by atoms with E-state index in [0.717, 1.165) is 18.2 Å². The molecule has 2 N–H and O–H groups in total. The van der Waals surface area contributed by atoms with E-state index in [2.05, 4.69) is 20.3 Å². The van der Waals surface area contributed by atoms with Gasteiger partial charge in [-0.3, -0.25) is 14.4 Å². The molecule has 1 aromatic carbocycles. The number of nitrogens with one attached hydrogen (secondary N) is 1. The van der Waals surface area contributed by atoms with Gasteiger partial charge in [0.25, 0.3) is 11.8 Å². The van der Waals surface area contributed by atoms with Gasteiger partial charge in [0, 0.05) is 50.1 Å². The lowest BCUT2D eigenvalue weighted by Gasteiger charge is -2.40. The van der Waals surface area contributed by atoms with Crippen molar-refractivity contribution >= 4 is 46.1 Å². The minimum atomic E-state index is -4.60. The first-order valence-electron chi connectivity index (χ1n) is 15.4. The number of likely N-dealkylation sites (tertiary alicyclic amines) is 1. The molecule has 4 aromatic rings. The third-order valence-electron chi connectivity index (χ3n) is 9.33. The van der Waals surface area contributed by atoms with Gasteiger partial charge in [-0.05, 0) is 49.4 Å². The van der Waals surface area contributed by atoms with Gasteiger partial charge in [0.05, 0.1) is 35.1 Å². The highest BCUT2D eigenvalue weighted by Crippen LogP contribution is 2.51. The molecule has 258 valence electrons. The maximum Gasteiger partial charge on any atom is 0.416 e. The van der Waals surface area contributed by atoms with E-state index in [9.17, 15) is 32.7 Å². The number of hydrogen-bond acceptors (Lipinski definition) is 9. The van der Waals surface area contributed by atoms with Crippen molar-refractivity contribution in [2.75, 3.05) is 44.5 Å². The third kappa shape index (κ3) is 6.00. The first-order valence-corrected chi connectivity index (χ1v) is 15.8. The number of nitrogens with zero attached hydrogens (tertiary/aromatic N) is 6. The number of benzene rings is 1. The van der Waals surface area contributed by atoms with Crippen molar-refractivity contribution in [2.45, 2.75) is 50.2 Å². The van der Waals surface area contributed by atoms with Gasteiger partial charge >= 0.3 is 6.18 Å². The Balaban J connectivity index is 1.37. The van der Waals surface area contributed by atoms with Gasteiger partial charge < -0.3 is 29.5 Å². The van der Waals surface area contributed by atoms with Crippen LogP contribution in [-0.4, -0.2) is 75.6 Å². The summed E-state index contributed by atoms with van der Waals surface area (Å²) < 4.78 is 46.3. The number of aromatic hydroxyl groups is 1. The molecule has 0 unspecified atom stereocenters. The summed E-state index contributed by atoms with van der Waals surface area (Å²) in [5.41, 5.74) is -0.426. The topological polar surface area (TPSA) is 143 Å². The number of methoxy groups -OCH3 is 1. The zero-order valence-electron chi connectivity index (χ0n) is 27.1. The summed E-state index contributed by atoms with van der Waals surface area (Å²) in [6, 6.07) is 4.09. The Morgan fingerprint density at radius 2 is 1.90 bits per heavy atom. The molecule has 1 spiro atoms. The minimum absolute atomic E-state index is 0.00190. The number of ether oxygens (including phenoxy) is 1. The molecule has 1 fully saturated rings. The molecule has 1 aliphatic heterocycles. The maximum absolute atomic E-state index is 14.4. The van der Waals surface area contributed by atoms with Gasteiger partial charge in [0.1, 0.15) is 12.4 Å². The van der Waals surface area contributed by atoms with Crippen molar-refractivity contribution in [3.05, 3.63) is 74.3 Å². The number of carbonyl (C=O) groups is 2. The fourth-order valence-corrected chi connectivity index (χ4v) is 7.27. The number of aromatic nitrogens is 4. The number of carbonyl (C=O) groups excluding carboxylic acids is 2. The fraction of sp³-hybridized carbons (Fsp3) is 0.394. The Morgan fingerprint density at radius 3 is 2.53 bits per heavy atom. The van der Waals surface area contributed by atoms with Crippen LogP contribution in [0.5, 0.6) is 11.6 Å². The average Bonchev–Trinajstić information content (AvgIpc) is 3.34. The van der Waals surface area contributed by atoms with E-state index < -0.39 is 29.0 Å². The molecule has 3 aromatic heterocycles. The van der Waals surface area contributed by atoms with E-state index >= 15 is 0 Å². The molecular formula is C33H33ClF3N7O5. The molecule has 12 nitrogen and oxygen atoms in total. The second-order valence-electron chi connectivity index (χ2n) is 12.6. The monoisotopic (exact) mass is 699 g/mol. The second-order valence-corrected chi connectivity index (χ2v) is 13.0. The van der Waals surface area contributed by atoms with Crippen molar-refractivity contribution in [1.29, 1.82) is 0 Å². The van der Waals surface area contributed by atoms with Gasteiger partial charge in [-0.2, -0.15) is 13.2 Å². The molecule has 1 atom stereocenters. The van der Waals surface area contributed by atoms with Crippen LogP contribution in [0.25, 0.3) is 11.2 Å². The highest BCUT2D eigenvalue weighted by Gasteiger charge is 2.49. The second kappa shape index (κ2) is 12.5. The molecule has 1 aliphatic carbocycles.